The molecule has 0 radical (unpaired) electrons. The number of amides is 1. The normalized spacial score (nSPS) is 13.7. The van der Waals surface area contributed by atoms with Crippen molar-refractivity contribution in [2.24, 2.45) is 0 Å². The van der Waals surface area contributed by atoms with E-state index >= 15 is 4.39 Å². The van der Waals surface area contributed by atoms with Gasteiger partial charge in [-0.3, -0.25) is 4.79 Å². The lowest BCUT2D eigenvalue weighted by molar-refractivity contribution is 0.0621. The first-order chi connectivity index (χ1) is 25.5. The quantitative estimate of drug-likeness (QED) is 0.154. The molecular formula is C44H37F2N5O. The minimum absolute atomic E-state index is 0.0765. The molecule has 1 aliphatic rings. The third-order valence-electron chi connectivity index (χ3n) is 10.2. The van der Waals surface area contributed by atoms with Crippen molar-refractivity contribution in [3.63, 3.8) is 0 Å². The van der Waals surface area contributed by atoms with E-state index in [1.165, 1.54) is 30.3 Å². The number of nitrogens with one attached hydrogen (secondary N) is 1. The zero-order chi connectivity index (χ0) is 35.5. The summed E-state index contributed by atoms with van der Waals surface area (Å²) in [4.78, 5) is 15.5. The van der Waals surface area contributed by atoms with E-state index in [0.29, 0.717) is 16.6 Å². The molecule has 7 aromatic rings. The van der Waals surface area contributed by atoms with E-state index in [-0.39, 0.29) is 24.3 Å². The summed E-state index contributed by atoms with van der Waals surface area (Å²) in [6.45, 7) is 1.62. The highest BCUT2D eigenvalue weighted by molar-refractivity contribution is 5.94. The molecule has 8 rings (SSSR count). The van der Waals surface area contributed by atoms with Crippen LogP contribution in [-0.2, 0) is 12.1 Å². The maximum absolute atomic E-state index is 15.6. The van der Waals surface area contributed by atoms with E-state index in [0.717, 1.165) is 59.3 Å². The summed E-state index contributed by atoms with van der Waals surface area (Å²) in [7, 11) is 0. The van der Waals surface area contributed by atoms with Crippen LogP contribution in [0.15, 0.2) is 152 Å². The fourth-order valence-electron chi connectivity index (χ4n) is 7.56. The van der Waals surface area contributed by atoms with Crippen LogP contribution in [0.2, 0.25) is 0 Å². The molecule has 6 nitrogen and oxygen atoms in total. The molecule has 1 aliphatic heterocycles. The van der Waals surface area contributed by atoms with Crippen molar-refractivity contribution in [3.05, 3.63) is 191 Å². The maximum Gasteiger partial charge on any atom is 0.254 e. The molecule has 2 heterocycles. The molecule has 258 valence electrons. The van der Waals surface area contributed by atoms with Gasteiger partial charge in [-0.25, -0.2) is 13.5 Å². The first-order valence-corrected chi connectivity index (χ1v) is 17.6. The van der Waals surface area contributed by atoms with Gasteiger partial charge in [-0.15, -0.1) is 5.10 Å². The zero-order valence-electron chi connectivity index (χ0n) is 28.5. The number of fused-ring (bicyclic) bond motifs is 1. The number of carbonyl (C=O) groups excluding carboxylic acids is 1. The van der Waals surface area contributed by atoms with E-state index in [1.54, 1.807) is 11.0 Å². The monoisotopic (exact) mass is 689 g/mol. The van der Waals surface area contributed by atoms with Gasteiger partial charge in [-0.1, -0.05) is 108 Å². The molecule has 52 heavy (non-hydrogen) atoms. The lowest BCUT2D eigenvalue weighted by atomic mass is 9.77. The first kappa shape index (κ1) is 33.2. The minimum Gasteiger partial charge on any atom is -0.331 e. The molecule has 1 amide bonds. The molecule has 0 aliphatic carbocycles. The van der Waals surface area contributed by atoms with Gasteiger partial charge in [0.25, 0.3) is 5.91 Å². The standard InChI is InChI=1S/C44H37F2N5O/c45-38-20-16-31(17-21-38)43(52)50(39-24-26-47-27-25-39)30-34-28-32(18-22-40(34)46)33-19-23-42-41(29-33)48-49-51(42)44(35-10-4-1-5-11-35,36-12-6-2-7-13-36)37-14-8-3-9-15-37/h1-23,28-29,39,47H,24-27,30H2. The Morgan fingerprint density at radius 1 is 0.712 bits per heavy atom. The highest BCUT2D eigenvalue weighted by Gasteiger charge is 2.40. The summed E-state index contributed by atoms with van der Waals surface area (Å²) in [6.07, 6.45) is 1.49. The van der Waals surface area contributed by atoms with E-state index < -0.39 is 11.4 Å². The minimum atomic E-state index is -0.821. The molecule has 0 bridgehead atoms. The third kappa shape index (κ3) is 6.15. The Labute approximate surface area is 301 Å². The second-order valence-electron chi connectivity index (χ2n) is 13.2. The van der Waals surface area contributed by atoms with Gasteiger partial charge in [0.1, 0.15) is 22.7 Å². The van der Waals surface area contributed by atoms with Crippen molar-refractivity contribution in [2.45, 2.75) is 31.0 Å². The topological polar surface area (TPSA) is 63.1 Å². The Morgan fingerprint density at radius 2 is 1.27 bits per heavy atom. The molecular weight excluding hydrogens is 653 g/mol. The molecule has 6 aromatic carbocycles. The highest BCUT2D eigenvalue weighted by atomic mass is 19.1. The lowest BCUT2D eigenvalue weighted by Crippen LogP contribution is -2.45. The van der Waals surface area contributed by atoms with Crippen molar-refractivity contribution in [1.82, 2.24) is 25.2 Å². The summed E-state index contributed by atoms with van der Waals surface area (Å²) in [5, 5.41) is 12.9. The van der Waals surface area contributed by atoms with Crippen molar-refractivity contribution in [2.75, 3.05) is 13.1 Å². The Kier molecular flexibility index (Phi) is 9.14. The fourth-order valence-corrected chi connectivity index (χ4v) is 7.56. The van der Waals surface area contributed by atoms with Gasteiger partial charge in [0.15, 0.2) is 0 Å². The first-order valence-electron chi connectivity index (χ1n) is 17.6. The van der Waals surface area contributed by atoms with Gasteiger partial charge in [0.05, 0.1) is 5.52 Å². The van der Waals surface area contributed by atoms with Gasteiger partial charge >= 0.3 is 0 Å². The molecule has 0 unspecified atom stereocenters. The van der Waals surface area contributed by atoms with E-state index in [9.17, 15) is 9.18 Å². The number of aromatic nitrogens is 3. The SMILES string of the molecule is O=C(c1ccc(F)cc1)N(Cc1cc(-c2ccc3c(c2)nnn3C(c2ccccc2)(c2ccccc2)c2ccccc2)ccc1F)C1CCNCC1. The molecule has 1 aromatic heterocycles. The Balaban J connectivity index is 1.20. The third-order valence-corrected chi connectivity index (χ3v) is 10.2. The Hall–Kier alpha value is -5.99. The second-order valence-corrected chi connectivity index (χ2v) is 13.2. The van der Waals surface area contributed by atoms with Crippen molar-refractivity contribution >= 4 is 16.9 Å². The predicted molar refractivity (Wildman–Crippen MR) is 200 cm³/mol. The van der Waals surface area contributed by atoms with Crippen LogP contribution in [0.4, 0.5) is 8.78 Å². The van der Waals surface area contributed by atoms with Crippen molar-refractivity contribution in [1.29, 1.82) is 0 Å². The Bertz CT molecular complexity index is 2210. The second kappa shape index (κ2) is 14.3. The number of hydrogen-bond acceptors (Lipinski definition) is 4. The van der Waals surface area contributed by atoms with Crippen LogP contribution in [0.3, 0.4) is 0 Å². The van der Waals surface area contributed by atoms with Crippen molar-refractivity contribution < 1.29 is 13.6 Å². The van der Waals surface area contributed by atoms with E-state index in [2.05, 4.69) is 41.7 Å². The summed E-state index contributed by atoms with van der Waals surface area (Å²) in [5.41, 5.74) is 6.27. The lowest BCUT2D eigenvalue weighted by Gasteiger charge is -2.36. The predicted octanol–water partition coefficient (Wildman–Crippen LogP) is 8.61. The smallest absolute Gasteiger partial charge is 0.254 e. The number of hydrogen-bond donors (Lipinski definition) is 1. The van der Waals surface area contributed by atoms with Crippen LogP contribution in [0, 0.1) is 11.6 Å². The number of carbonyl (C=O) groups is 1. The van der Waals surface area contributed by atoms with E-state index in [4.69, 9.17) is 10.3 Å². The van der Waals surface area contributed by atoms with Crippen LogP contribution in [-0.4, -0.2) is 44.9 Å². The van der Waals surface area contributed by atoms with Crippen LogP contribution < -0.4 is 5.32 Å². The van der Waals surface area contributed by atoms with Crippen LogP contribution in [0.5, 0.6) is 0 Å². The fraction of sp³-hybridized carbons (Fsp3) is 0.159. The molecule has 8 heteroatoms. The largest absolute Gasteiger partial charge is 0.331 e. The molecule has 0 saturated carbocycles. The van der Waals surface area contributed by atoms with Gasteiger partial charge in [0.2, 0.25) is 0 Å². The number of benzene rings is 6. The molecule has 1 N–H and O–H groups in total. The summed E-state index contributed by atoms with van der Waals surface area (Å²) in [6, 6.07) is 47.5. The van der Waals surface area contributed by atoms with Crippen LogP contribution in [0.1, 0.15) is 45.5 Å². The number of piperidine rings is 1. The maximum atomic E-state index is 15.6. The van der Waals surface area contributed by atoms with Crippen LogP contribution in [0.25, 0.3) is 22.2 Å². The average Bonchev–Trinajstić information content (AvgIpc) is 3.63. The number of nitrogens with zero attached hydrogens (tertiary/aromatic N) is 4. The summed E-state index contributed by atoms with van der Waals surface area (Å²) < 4.78 is 31.3. The summed E-state index contributed by atoms with van der Waals surface area (Å²) >= 11 is 0. The van der Waals surface area contributed by atoms with Gasteiger partial charge < -0.3 is 10.2 Å². The number of rotatable bonds is 9. The molecule has 0 atom stereocenters. The highest BCUT2D eigenvalue weighted by Crippen LogP contribution is 2.42. The van der Waals surface area contributed by atoms with Crippen LogP contribution >= 0.6 is 0 Å². The van der Waals surface area contributed by atoms with E-state index in [1.807, 2.05) is 83.5 Å². The van der Waals surface area contributed by atoms with Gasteiger partial charge in [-0.05, 0) is 102 Å². The zero-order valence-corrected chi connectivity index (χ0v) is 28.5. The van der Waals surface area contributed by atoms with Gasteiger partial charge in [-0.2, -0.15) is 0 Å². The Morgan fingerprint density at radius 3 is 1.87 bits per heavy atom. The molecule has 0 spiro atoms. The molecule has 1 fully saturated rings. The van der Waals surface area contributed by atoms with Gasteiger partial charge in [0, 0.05) is 23.7 Å². The number of halogens is 2. The molecule has 1 saturated heterocycles. The van der Waals surface area contributed by atoms with Crippen molar-refractivity contribution in [3.8, 4) is 11.1 Å². The average molecular weight is 690 g/mol. The summed E-state index contributed by atoms with van der Waals surface area (Å²) in [5.74, 6) is -1.04.